The minimum Gasteiger partial charge on any atom is -0.508 e. The molecule has 96 valence electrons. The van der Waals surface area contributed by atoms with E-state index in [1.165, 1.54) is 6.07 Å². The van der Waals surface area contributed by atoms with Gasteiger partial charge in [-0.05, 0) is 26.3 Å². The fourth-order valence-electron chi connectivity index (χ4n) is 1.76. The lowest BCUT2D eigenvalue weighted by atomic mass is 10.1. The van der Waals surface area contributed by atoms with E-state index in [0.717, 1.165) is 12.5 Å². The average Bonchev–Trinajstić information content (AvgIpc) is 2.26. The number of hydrogen-bond donors (Lipinski definition) is 2. The second kappa shape index (κ2) is 6.57. The van der Waals surface area contributed by atoms with Crippen molar-refractivity contribution in [1.82, 2.24) is 5.32 Å². The molecule has 0 aliphatic carbocycles. The van der Waals surface area contributed by atoms with E-state index in [9.17, 15) is 4.39 Å². The van der Waals surface area contributed by atoms with Gasteiger partial charge in [0.1, 0.15) is 11.6 Å². The van der Waals surface area contributed by atoms with Crippen LogP contribution in [0, 0.1) is 5.82 Å². The zero-order chi connectivity index (χ0) is 12.8. The quantitative estimate of drug-likeness (QED) is 0.804. The van der Waals surface area contributed by atoms with Gasteiger partial charge in [-0.3, -0.25) is 0 Å². The van der Waals surface area contributed by atoms with Crippen LogP contribution in [0.2, 0.25) is 0 Å². The summed E-state index contributed by atoms with van der Waals surface area (Å²) in [7, 11) is 1.66. The van der Waals surface area contributed by atoms with Crippen molar-refractivity contribution in [3.63, 3.8) is 0 Å². The van der Waals surface area contributed by atoms with E-state index in [1.54, 1.807) is 13.2 Å². The Morgan fingerprint density at radius 3 is 2.71 bits per heavy atom. The van der Waals surface area contributed by atoms with Gasteiger partial charge < -0.3 is 15.2 Å². The molecule has 0 fully saturated rings. The third-order valence-corrected chi connectivity index (χ3v) is 2.74. The van der Waals surface area contributed by atoms with Crippen LogP contribution in [0.4, 0.5) is 4.39 Å². The van der Waals surface area contributed by atoms with Crippen molar-refractivity contribution in [2.75, 3.05) is 13.7 Å². The molecule has 3 nitrogen and oxygen atoms in total. The molecule has 0 heterocycles. The normalized spacial score (nSPS) is 14.6. The fraction of sp³-hybridized carbons (Fsp3) is 0.538. The predicted molar refractivity (Wildman–Crippen MR) is 65.6 cm³/mol. The first-order valence-corrected chi connectivity index (χ1v) is 5.78. The molecule has 0 saturated carbocycles. The number of hydrogen-bond acceptors (Lipinski definition) is 3. The number of nitrogens with one attached hydrogen (secondary N) is 1. The third-order valence-electron chi connectivity index (χ3n) is 2.74. The molecule has 17 heavy (non-hydrogen) atoms. The smallest absolute Gasteiger partial charge is 0.131 e. The lowest BCUT2D eigenvalue weighted by molar-refractivity contribution is 0.183. The monoisotopic (exact) mass is 241 g/mol. The number of aromatic hydroxyl groups is 1. The van der Waals surface area contributed by atoms with Gasteiger partial charge in [0.25, 0.3) is 0 Å². The van der Waals surface area contributed by atoms with Crippen molar-refractivity contribution < 1.29 is 14.2 Å². The van der Waals surface area contributed by atoms with E-state index < -0.39 is 0 Å². The van der Waals surface area contributed by atoms with Crippen molar-refractivity contribution >= 4 is 0 Å². The molecule has 0 aliphatic heterocycles. The van der Waals surface area contributed by atoms with Gasteiger partial charge in [0.15, 0.2) is 0 Å². The highest BCUT2D eigenvalue weighted by Gasteiger charge is 2.13. The Morgan fingerprint density at radius 1 is 1.41 bits per heavy atom. The maximum absolute atomic E-state index is 13.6. The van der Waals surface area contributed by atoms with Crippen LogP contribution in [0.3, 0.4) is 0 Å². The lowest BCUT2D eigenvalue weighted by Gasteiger charge is -2.20. The van der Waals surface area contributed by atoms with Crippen molar-refractivity contribution in [3.05, 3.63) is 29.6 Å². The summed E-state index contributed by atoms with van der Waals surface area (Å²) < 4.78 is 18.6. The first-order chi connectivity index (χ1) is 8.04. The molecular weight excluding hydrogens is 221 g/mol. The minimum absolute atomic E-state index is 0.0501. The molecule has 0 aliphatic rings. The number of ether oxygens (including phenoxy) is 1. The molecule has 0 aromatic heterocycles. The molecule has 1 rings (SSSR count). The van der Waals surface area contributed by atoms with Gasteiger partial charge in [-0.25, -0.2) is 4.39 Å². The Bertz CT molecular complexity index is 357. The second-order valence-electron chi connectivity index (χ2n) is 4.28. The minimum atomic E-state index is -0.385. The topological polar surface area (TPSA) is 41.5 Å². The largest absolute Gasteiger partial charge is 0.508 e. The Hall–Kier alpha value is -1.13. The van der Waals surface area contributed by atoms with Gasteiger partial charge in [0.05, 0.1) is 0 Å². The standard InChI is InChI=1S/C13H20FNO2/c1-9(6-7-17-3)15-10(2)12-5-4-11(16)8-13(12)14/h4-5,8-10,15-16H,6-7H2,1-3H3. The van der Waals surface area contributed by atoms with Crippen molar-refractivity contribution in [3.8, 4) is 5.75 Å². The van der Waals surface area contributed by atoms with E-state index in [1.807, 2.05) is 13.8 Å². The Balaban J connectivity index is 2.60. The van der Waals surface area contributed by atoms with E-state index >= 15 is 0 Å². The van der Waals surface area contributed by atoms with Crippen LogP contribution in [0.1, 0.15) is 31.9 Å². The number of phenols is 1. The molecule has 4 heteroatoms. The van der Waals surface area contributed by atoms with Crippen LogP contribution in [0.25, 0.3) is 0 Å². The van der Waals surface area contributed by atoms with Crippen LogP contribution < -0.4 is 5.32 Å². The van der Waals surface area contributed by atoms with Gasteiger partial charge in [-0.15, -0.1) is 0 Å². The number of rotatable bonds is 6. The molecule has 1 aromatic rings. The molecule has 1 aromatic carbocycles. The van der Waals surface area contributed by atoms with Crippen LogP contribution in [0.15, 0.2) is 18.2 Å². The third kappa shape index (κ3) is 4.32. The molecule has 0 radical (unpaired) electrons. The molecular formula is C13H20FNO2. The van der Waals surface area contributed by atoms with Crippen LogP contribution in [0.5, 0.6) is 5.75 Å². The Labute approximate surface area is 102 Å². The summed E-state index contributed by atoms with van der Waals surface area (Å²) in [5.41, 5.74) is 0.562. The number of halogens is 1. The van der Waals surface area contributed by atoms with E-state index in [4.69, 9.17) is 9.84 Å². The van der Waals surface area contributed by atoms with Gasteiger partial charge in [0.2, 0.25) is 0 Å². The highest BCUT2D eigenvalue weighted by atomic mass is 19.1. The van der Waals surface area contributed by atoms with E-state index in [2.05, 4.69) is 5.32 Å². The van der Waals surface area contributed by atoms with Gasteiger partial charge in [-0.2, -0.15) is 0 Å². The van der Waals surface area contributed by atoms with Gasteiger partial charge in [-0.1, -0.05) is 6.07 Å². The summed E-state index contributed by atoms with van der Waals surface area (Å²) in [5.74, 6) is -0.435. The molecule has 2 unspecified atom stereocenters. The summed E-state index contributed by atoms with van der Waals surface area (Å²) in [6.45, 7) is 4.62. The first-order valence-electron chi connectivity index (χ1n) is 5.78. The SMILES string of the molecule is COCCC(C)NC(C)c1ccc(O)cc1F. The molecule has 2 N–H and O–H groups in total. The van der Waals surface area contributed by atoms with Crippen molar-refractivity contribution in [2.24, 2.45) is 0 Å². The first kappa shape index (κ1) is 13.9. The van der Waals surface area contributed by atoms with Gasteiger partial charge in [0, 0.05) is 37.4 Å². The van der Waals surface area contributed by atoms with Crippen molar-refractivity contribution in [1.29, 1.82) is 0 Å². The second-order valence-corrected chi connectivity index (χ2v) is 4.28. The summed E-state index contributed by atoms with van der Waals surface area (Å²) in [4.78, 5) is 0. The fourth-order valence-corrected chi connectivity index (χ4v) is 1.76. The molecule has 0 amide bonds. The summed E-state index contributed by atoms with van der Waals surface area (Å²) in [5, 5.41) is 12.4. The summed E-state index contributed by atoms with van der Waals surface area (Å²) in [6, 6.07) is 4.38. The van der Waals surface area contributed by atoms with Crippen LogP contribution in [-0.4, -0.2) is 24.9 Å². The lowest BCUT2D eigenvalue weighted by Crippen LogP contribution is -2.30. The number of benzene rings is 1. The summed E-state index contributed by atoms with van der Waals surface area (Å²) >= 11 is 0. The highest BCUT2D eigenvalue weighted by Crippen LogP contribution is 2.21. The van der Waals surface area contributed by atoms with E-state index in [0.29, 0.717) is 12.2 Å². The molecule has 2 atom stereocenters. The highest BCUT2D eigenvalue weighted by molar-refractivity contribution is 5.29. The molecule has 0 bridgehead atoms. The number of phenolic OH excluding ortho intramolecular Hbond substituents is 1. The summed E-state index contributed by atoms with van der Waals surface area (Å²) in [6.07, 6.45) is 0.876. The Morgan fingerprint density at radius 2 is 2.12 bits per heavy atom. The van der Waals surface area contributed by atoms with Gasteiger partial charge >= 0.3 is 0 Å². The zero-order valence-electron chi connectivity index (χ0n) is 10.5. The van der Waals surface area contributed by atoms with Crippen molar-refractivity contribution in [2.45, 2.75) is 32.4 Å². The van der Waals surface area contributed by atoms with Crippen LogP contribution in [-0.2, 0) is 4.74 Å². The zero-order valence-corrected chi connectivity index (χ0v) is 10.5. The molecule has 0 saturated heterocycles. The number of methoxy groups -OCH3 is 1. The molecule has 0 spiro atoms. The predicted octanol–water partition coefficient (Wildman–Crippen LogP) is 2.61. The Kier molecular flexibility index (Phi) is 5.38. The average molecular weight is 241 g/mol. The maximum Gasteiger partial charge on any atom is 0.131 e. The maximum atomic E-state index is 13.6. The van der Waals surface area contributed by atoms with E-state index in [-0.39, 0.29) is 23.7 Å². The van der Waals surface area contributed by atoms with Crippen LogP contribution >= 0.6 is 0 Å².